The number of aryl methyl sites for hydroxylation is 1. The van der Waals surface area contributed by atoms with Crippen LogP contribution in [0.1, 0.15) is 23.2 Å². The molecule has 1 N–H and O–H groups in total. The summed E-state index contributed by atoms with van der Waals surface area (Å²) >= 11 is 1.46. The average molecular weight is 340 g/mol. The van der Waals surface area contributed by atoms with E-state index in [-0.39, 0.29) is 18.5 Å². The molecule has 3 aromatic rings. The fourth-order valence-corrected chi connectivity index (χ4v) is 3.91. The van der Waals surface area contributed by atoms with Gasteiger partial charge in [0.25, 0.3) is 5.91 Å². The first-order valence-electron chi connectivity index (χ1n) is 7.61. The van der Waals surface area contributed by atoms with E-state index < -0.39 is 5.54 Å². The van der Waals surface area contributed by atoms with E-state index in [1.807, 2.05) is 53.2 Å². The van der Waals surface area contributed by atoms with Crippen LogP contribution in [0, 0.1) is 6.92 Å². The molecule has 1 saturated heterocycles. The smallest absolute Gasteiger partial charge is 0.319 e. The van der Waals surface area contributed by atoms with Crippen molar-refractivity contribution >= 4 is 28.9 Å². The minimum atomic E-state index is -1.00. The molecule has 1 aliphatic rings. The molecule has 122 valence electrons. The number of hydrogen-bond donors (Lipinski definition) is 1. The highest BCUT2D eigenvalue weighted by atomic mass is 32.1. The first-order chi connectivity index (χ1) is 11.5. The van der Waals surface area contributed by atoms with Crippen LogP contribution in [-0.2, 0) is 16.9 Å². The second-order valence-corrected chi connectivity index (χ2v) is 6.94. The molecule has 0 aliphatic carbocycles. The number of nitrogens with zero attached hydrogens (tertiary/aromatic N) is 3. The Bertz CT molecular complexity index is 947. The number of carbonyl (C=O) groups excluding carboxylic acids is 2. The molecule has 3 aromatic heterocycles. The normalized spacial score (nSPS) is 20.8. The maximum atomic E-state index is 12.9. The zero-order valence-corrected chi connectivity index (χ0v) is 14.1. The van der Waals surface area contributed by atoms with E-state index in [9.17, 15) is 9.59 Å². The van der Waals surface area contributed by atoms with Gasteiger partial charge in [-0.2, -0.15) is 0 Å². The van der Waals surface area contributed by atoms with Gasteiger partial charge in [0.1, 0.15) is 5.65 Å². The highest BCUT2D eigenvalue weighted by Crippen LogP contribution is 2.32. The summed E-state index contributed by atoms with van der Waals surface area (Å²) in [7, 11) is 0. The Hall–Kier alpha value is -2.67. The van der Waals surface area contributed by atoms with Crippen LogP contribution in [0.2, 0.25) is 0 Å². The van der Waals surface area contributed by atoms with Crippen LogP contribution >= 0.6 is 11.3 Å². The number of urea groups is 1. The zero-order valence-electron chi connectivity index (χ0n) is 13.3. The van der Waals surface area contributed by atoms with Crippen LogP contribution in [0.25, 0.3) is 5.65 Å². The van der Waals surface area contributed by atoms with Gasteiger partial charge in [0.05, 0.1) is 17.9 Å². The molecule has 3 amide bonds. The lowest BCUT2D eigenvalue weighted by Crippen LogP contribution is -2.40. The number of rotatable bonds is 3. The van der Waals surface area contributed by atoms with Crippen molar-refractivity contribution in [2.45, 2.75) is 25.9 Å². The number of pyridine rings is 1. The molecule has 6 nitrogen and oxygen atoms in total. The summed E-state index contributed by atoms with van der Waals surface area (Å²) in [4.78, 5) is 32.0. The van der Waals surface area contributed by atoms with Crippen molar-refractivity contribution < 1.29 is 9.59 Å². The molecule has 0 unspecified atom stereocenters. The van der Waals surface area contributed by atoms with Gasteiger partial charge in [-0.15, -0.1) is 11.3 Å². The van der Waals surface area contributed by atoms with Crippen molar-refractivity contribution in [2.75, 3.05) is 0 Å². The van der Waals surface area contributed by atoms with Crippen LogP contribution in [0.15, 0.2) is 41.9 Å². The Balaban J connectivity index is 1.71. The molecular weight excluding hydrogens is 324 g/mol. The van der Waals surface area contributed by atoms with Gasteiger partial charge in [-0.1, -0.05) is 12.1 Å². The summed E-state index contributed by atoms with van der Waals surface area (Å²) < 4.78 is 1.91. The topological polar surface area (TPSA) is 66.7 Å². The first kappa shape index (κ1) is 14.9. The van der Waals surface area contributed by atoms with Gasteiger partial charge in [0, 0.05) is 11.1 Å². The lowest BCUT2D eigenvalue weighted by Gasteiger charge is -2.20. The number of nitrogens with one attached hydrogen (secondary N) is 1. The third-order valence-corrected chi connectivity index (χ3v) is 5.52. The van der Waals surface area contributed by atoms with Crippen LogP contribution < -0.4 is 5.32 Å². The molecule has 0 bridgehead atoms. The van der Waals surface area contributed by atoms with Crippen LogP contribution in [0.3, 0.4) is 0 Å². The molecule has 7 heteroatoms. The van der Waals surface area contributed by atoms with Crippen LogP contribution in [0.5, 0.6) is 0 Å². The largest absolute Gasteiger partial charge is 0.325 e. The molecule has 1 aliphatic heterocycles. The number of amides is 3. The van der Waals surface area contributed by atoms with Crippen molar-refractivity contribution in [3.8, 4) is 0 Å². The van der Waals surface area contributed by atoms with Gasteiger partial charge in [0.15, 0.2) is 5.54 Å². The summed E-state index contributed by atoms with van der Waals surface area (Å²) in [6, 6.07) is 9.08. The highest BCUT2D eigenvalue weighted by Gasteiger charge is 2.49. The van der Waals surface area contributed by atoms with Gasteiger partial charge in [-0.05, 0) is 37.4 Å². The molecule has 0 aromatic carbocycles. The second kappa shape index (κ2) is 5.17. The Labute approximate surface area is 142 Å². The summed E-state index contributed by atoms with van der Waals surface area (Å²) in [5.74, 6) is -0.236. The van der Waals surface area contributed by atoms with E-state index in [0.29, 0.717) is 0 Å². The molecule has 0 spiro atoms. The molecule has 24 heavy (non-hydrogen) atoms. The monoisotopic (exact) mass is 340 g/mol. The molecule has 1 fully saturated rings. The summed E-state index contributed by atoms with van der Waals surface area (Å²) in [5.41, 5.74) is 1.45. The fraction of sp³-hybridized carbons (Fsp3) is 0.235. The van der Waals surface area contributed by atoms with Crippen molar-refractivity contribution in [1.29, 1.82) is 0 Å². The Morgan fingerprint density at radius 2 is 2.08 bits per heavy atom. The van der Waals surface area contributed by atoms with Gasteiger partial charge in [-0.3, -0.25) is 9.69 Å². The first-order valence-corrected chi connectivity index (χ1v) is 8.49. The van der Waals surface area contributed by atoms with Crippen molar-refractivity contribution in [1.82, 2.24) is 19.6 Å². The lowest BCUT2D eigenvalue weighted by atomic mass is 10.0. The molecule has 0 saturated carbocycles. The van der Waals surface area contributed by atoms with E-state index >= 15 is 0 Å². The van der Waals surface area contributed by atoms with Gasteiger partial charge < -0.3 is 9.72 Å². The van der Waals surface area contributed by atoms with E-state index in [2.05, 4.69) is 10.3 Å². The predicted octanol–water partition coefficient (Wildman–Crippen LogP) is 2.67. The molecule has 1 atom stereocenters. The molecule has 0 radical (unpaired) electrons. The van der Waals surface area contributed by atoms with E-state index in [0.717, 1.165) is 21.9 Å². The number of imidazole rings is 1. The van der Waals surface area contributed by atoms with Crippen LogP contribution in [-0.4, -0.2) is 26.2 Å². The standard InChI is InChI=1S/C17H16N4O2S/c1-11-12(20-8-4-3-7-14(20)18-11)10-21-15(22)17(2,19-16(21)23)13-6-5-9-24-13/h3-9H,10H2,1-2H3,(H,19,23)/t17-/m0/s1. The number of carbonyl (C=O) groups is 2. The summed E-state index contributed by atoms with van der Waals surface area (Å²) in [6.07, 6.45) is 1.89. The molecule has 4 rings (SSSR count). The maximum Gasteiger partial charge on any atom is 0.325 e. The summed E-state index contributed by atoms with van der Waals surface area (Å²) in [5, 5.41) is 4.73. The van der Waals surface area contributed by atoms with Gasteiger partial charge in [0.2, 0.25) is 0 Å². The summed E-state index contributed by atoms with van der Waals surface area (Å²) in [6.45, 7) is 3.84. The fourth-order valence-electron chi connectivity index (χ4n) is 3.08. The highest BCUT2D eigenvalue weighted by molar-refractivity contribution is 7.10. The van der Waals surface area contributed by atoms with Crippen molar-refractivity contribution in [3.05, 3.63) is 58.2 Å². The van der Waals surface area contributed by atoms with E-state index in [1.165, 1.54) is 16.2 Å². The lowest BCUT2D eigenvalue weighted by molar-refractivity contribution is -0.131. The number of hydrogen-bond acceptors (Lipinski definition) is 4. The maximum absolute atomic E-state index is 12.9. The SMILES string of the molecule is Cc1nc2ccccn2c1CN1C(=O)N[C@@](C)(c2cccs2)C1=O. The van der Waals surface area contributed by atoms with Gasteiger partial charge >= 0.3 is 6.03 Å². The zero-order chi connectivity index (χ0) is 16.9. The number of thiophene rings is 1. The van der Waals surface area contributed by atoms with Crippen molar-refractivity contribution in [3.63, 3.8) is 0 Å². The third-order valence-electron chi connectivity index (χ3n) is 4.43. The Morgan fingerprint density at radius 1 is 1.25 bits per heavy atom. The Morgan fingerprint density at radius 3 is 2.83 bits per heavy atom. The predicted molar refractivity (Wildman–Crippen MR) is 90.7 cm³/mol. The number of fused-ring (bicyclic) bond motifs is 1. The minimum absolute atomic E-state index is 0.197. The quantitative estimate of drug-likeness (QED) is 0.746. The minimum Gasteiger partial charge on any atom is -0.319 e. The van der Waals surface area contributed by atoms with E-state index in [4.69, 9.17) is 0 Å². The van der Waals surface area contributed by atoms with Gasteiger partial charge in [-0.25, -0.2) is 9.78 Å². The molecule has 4 heterocycles. The third kappa shape index (κ3) is 2.05. The van der Waals surface area contributed by atoms with E-state index in [1.54, 1.807) is 6.92 Å². The number of imide groups is 1. The van der Waals surface area contributed by atoms with Crippen LogP contribution in [0.4, 0.5) is 4.79 Å². The molecular formula is C17H16N4O2S. The second-order valence-electron chi connectivity index (χ2n) is 6.00. The van der Waals surface area contributed by atoms with Crippen molar-refractivity contribution in [2.24, 2.45) is 0 Å². The Kier molecular flexibility index (Phi) is 3.21. The number of aromatic nitrogens is 2. The average Bonchev–Trinajstić information content (AvgIpc) is 3.24.